The highest BCUT2D eigenvalue weighted by molar-refractivity contribution is 7.98. The average Bonchev–Trinajstić information content (AvgIpc) is 3.07. The molecule has 0 bridgehead atoms. The summed E-state index contributed by atoms with van der Waals surface area (Å²) in [6, 6.07) is 5.90. The van der Waals surface area contributed by atoms with Gasteiger partial charge in [0.1, 0.15) is 5.75 Å². The Morgan fingerprint density at radius 1 is 1.53 bits per heavy atom. The number of carboxylic acids is 1. The molecule has 0 spiro atoms. The van der Waals surface area contributed by atoms with E-state index < -0.39 is 5.97 Å². The third-order valence-corrected chi connectivity index (χ3v) is 4.08. The molecule has 3 nitrogen and oxygen atoms in total. The Kier molecular flexibility index (Phi) is 3.33. The van der Waals surface area contributed by atoms with Gasteiger partial charge in [0.25, 0.3) is 0 Å². The number of carboxylic acid groups (broad SMARTS) is 1. The van der Waals surface area contributed by atoms with Gasteiger partial charge in [-0.15, -0.1) is 11.8 Å². The summed E-state index contributed by atoms with van der Waals surface area (Å²) in [5.74, 6) is 0.0797. The number of rotatable bonds is 5. The van der Waals surface area contributed by atoms with Crippen LogP contribution in [0.1, 0.15) is 24.8 Å². The molecule has 1 aliphatic carbocycles. The van der Waals surface area contributed by atoms with Crippen LogP contribution in [0.2, 0.25) is 0 Å². The number of hydrogen-bond acceptors (Lipinski definition) is 3. The van der Waals surface area contributed by atoms with E-state index in [2.05, 4.69) is 0 Å². The molecule has 2 rings (SSSR count). The van der Waals surface area contributed by atoms with Crippen molar-refractivity contribution in [1.29, 1.82) is 0 Å². The molecule has 0 heterocycles. The summed E-state index contributed by atoms with van der Waals surface area (Å²) >= 11 is 1.65. The second-order valence-electron chi connectivity index (χ2n) is 4.39. The van der Waals surface area contributed by atoms with Gasteiger partial charge in [0.2, 0.25) is 0 Å². The van der Waals surface area contributed by atoms with Crippen LogP contribution in [0, 0.1) is 0 Å². The van der Waals surface area contributed by atoms with Crippen LogP contribution in [0.15, 0.2) is 23.1 Å². The number of ether oxygens (including phenoxy) is 1. The first-order chi connectivity index (χ1) is 8.13. The standard InChI is InChI=1S/C13H16O3S/c1-16-9-4-3-5-10(17-2)12(9)13(6-7-13)8-11(14)15/h3-5H,6-8H2,1-2H3,(H,14,15). The molecular weight excluding hydrogens is 236 g/mol. The predicted octanol–water partition coefficient (Wildman–Crippen LogP) is 2.92. The van der Waals surface area contributed by atoms with E-state index in [-0.39, 0.29) is 11.8 Å². The highest BCUT2D eigenvalue weighted by Crippen LogP contribution is 2.56. The molecule has 0 aliphatic heterocycles. The maximum Gasteiger partial charge on any atom is 0.304 e. The molecule has 1 N–H and O–H groups in total. The molecule has 0 saturated heterocycles. The highest BCUT2D eigenvalue weighted by Gasteiger charge is 2.48. The molecule has 17 heavy (non-hydrogen) atoms. The maximum atomic E-state index is 11.0. The van der Waals surface area contributed by atoms with Gasteiger partial charge in [-0.25, -0.2) is 0 Å². The minimum atomic E-state index is -0.736. The zero-order valence-corrected chi connectivity index (χ0v) is 10.8. The van der Waals surface area contributed by atoms with Crippen LogP contribution in [0.5, 0.6) is 5.75 Å². The van der Waals surface area contributed by atoms with E-state index in [1.54, 1.807) is 18.9 Å². The fraction of sp³-hybridized carbons (Fsp3) is 0.462. The van der Waals surface area contributed by atoms with E-state index in [1.165, 1.54) is 0 Å². The van der Waals surface area contributed by atoms with Crippen LogP contribution in [-0.4, -0.2) is 24.4 Å². The monoisotopic (exact) mass is 252 g/mol. The van der Waals surface area contributed by atoms with E-state index in [1.807, 2.05) is 24.5 Å². The molecule has 4 heteroatoms. The number of aliphatic carboxylic acids is 1. The van der Waals surface area contributed by atoms with Gasteiger partial charge >= 0.3 is 5.97 Å². The zero-order valence-electron chi connectivity index (χ0n) is 10.0. The molecule has 92 valence electrons. The number of thioether (sulfide) groups is 1. The normalized spacial score (nSPS) is 16.6. The zero-order chi connectivity index (χ0) is 12.5. The third kappa shape index (κ3) is 2.27. The molecule has 1 fully saturated rings. The first kappa shape index (κ1) is 12.3. The van der Waals surface area contributed by atoms with Gasteiger partial charge in [0.15, 0.2) is 0 Å². The maximum absolute atomic E-state index is 11.0. The predicted molar refractivity (Wildman–Crippen MR) is 67.9 cm³/mol. The van der Waals surface area contributed by atoms with E-state index in [9.17, 15) is 4.79 Å². The number of methoxy groups -OCH3 is 1. The van der Waals surface area contributed by atoms with E-state index >= 15 is 0 Å². The fourth-order valence-corrected chi connectivity index (χ4v) is 3.07. The van der Waals surface area contributed by atoms with Crippen molar-refractivity contribution in [3.63, 3.8) is 0 Å². The van der Waals surface area contributed by atoms with Gasteiger partial charge in [-0.2, -0.15) is 0 Å². The first-order valence-corrected chi connectivity index (χ1v) is 6.79. The molecular formula is C13H16O3S. The minimum Gasteiger partial charge on any atom is -0.496 e. The molecule has 0 amide bonds. The minimum absolute atomic E-state index is 0.195. The Morgan fingerprint density at radius 2 is 2.24 bits per heavy atom. The van der Waals surface area contributed by atoms with Crippen molar-refractivity contribution in [2.24, 2.45) is 0 Å². The van der Waals surface area contributed by atoms with E-state index in [0.29, 0.717) is 0 Å². The van der Waals surface area contributed by atoms with E-state index in [4.69, 9.17) is 9.84 Å². The van der Waals surface area contributed by atoms with Gasteiger partial charge in [0, 0.05) is 15.9 Å². The van der Waals surface area contributed by atoms with Crippen molar-refractivity contribution >= 4 is 17.7 Å². The molecule has 1 aromatic rings. The van der Waals surface area contributed by atoms with E-state index in [0.717, 1.165) is 29.1 Å². The highest BCUT2D eigenvalue weighted by atomic mass is 32.2. The fourth-order valence-electron chi connectivity index (χ4n) is 2.33. The van der Waals surface area contributed by atoms with Crippen molar-refractivity contribution < 1.29 is 14.6 Å². The molecule has 1 aliphatic rings. The van der Waals surface area contributed by atoms with Crippen LogP contribution in [-0.2, 0) is 10.2 Å². The van der Waals surface area contributed by atoms with Gasteiger partial charge in [-0.05, 0) is 31.2 Å². The lowest BCUT2D eigenvalue weighted by Crippen LogP contribution is -2.15. The molecule has 1 saturated carbocycles. The number of hydrogen-bond donors (Lipinski definition) is 1. The number of carbonyl (C=O) groups is 1. The van der Waals surface area contributed by atoms with Crippen molar-refractivity contribution in [3.8, 4) is 5.75 Å². The van der Waals surface area contributed by atoms with Crippen LogP contribution < -0.4 is 4.74 Å². The first-order valence-electron chi connectivity index (χ1n) is 5.56. The molecule has 0 radical (unpaired) electrons. The van der Waals surface area contributed by atoms with Crippen LogP contribution in [0.25, 0.3) is 0 Å². The lowest BCUT2D eigenvalue weighted by molar-refractivity contribution is -0.137. The Balaban J connectivity index is 2.46. The smallest absolute Gasteiger partial charge is 0.304 e. The summed E-state index contributed by atoms with van der Waals surface area (Å²) in [5.41, 5.74) is 0.883. The Hall–Kier alpha value is -1.16. The largest absolute Gasteiger partial charge is 0.496 e. The number of benzene rings is 1. The van der Waals surface area contributed by atoms with Crippen molar-refractivity contribution in [2.45, 2.75) is 29.6 Å². The Bertz CT molecular complexity index is 416. The molecule has 0 aromatic heterocycles. The summed E-state index contributed by atoms with van der Waals surface area (Å²) in [6.07, 6.45) is 4.08. The molecule has 0 unspecified atom stereocenters. The summed E-state index contributed by atoms with van der Waals surface area (Å²) in [7, 11) is 1.64. The van der Waals surface area contributed by atoms with Gasteiger partial charge < -0.3 is 9.84 Å². The second-order valence-corrected chi connectivity index (χ2v) is 5.24. The van der Waals surface area contributed by atoms with Crippen LogP contribution in [0.4, 0.5) is 0 Å². The summed E-state index contributed by atoms with van der Waals surface area (Å²) in [6.45, 7) is 0. The second kappa shape index (κ2) is 4.61. The molecule has 0 atom stereocenters. The van der Waals surface area contributed by atoms with Crippen molar-refractivity contribution in [2.75, 3.05) is 13.4 Å². The SMILES string of the molecule is COc1cccc(SC)c1C1(CC(=O)O)CC1. The lowest BCUT2D eigenvalue weighted by atomic mass is 9.91. The van der Waals surface area contributed by atoms with Gasteiger partial charge in [-0.1, -0.05) is 6.07 Å². The quantitative estimate of drug-likeness (QED) is 0.818. The average molecular weight is 252 g/mol. The van der Waals surface area contributed by atoms with Crippen molar-refractivity contribution in [1.82, 2.24) is 0 Å². The van der Waals surface area contributed by atoms with Crippen LogP contribution >= 0.6 is 11.8 Å². The molecule has 1 aromatic carbocycles. The van der Waals surface area contributed by atoms with Gasteiger partial charge in [0.05, 0.1) is 13.5 Å². The third-order valence-electron chi connectivity index (χ3n) is 3.30. The summed E-state index contributed by atoms with van der Waals surface area (Å²) in [5, 5.41) is 9.03. The summed E-state index contributed by atoms with van der Waals surface area (Å²) in [4.78, 5) is 12.1. The Morgan fingerprint density at radius 3 is 2.71 bits per heavy atom. The summed E-state index contributed by atoms with van der Waals surface area (Å²) < 4.78 is 5.39. The topological polar surface area (TPSA) is 46.5 Å². The lowest BCUT2D eigenvalue weighted by Gasteiger charge is -2.20. The van der Waals surface area contributed by atoms with Crippen molar-refractivity contribution in [3.05, 3.63) is 23.8 Å². The van der Waals surface area contributed by atoms with Gasteiger partial charge in [-0.3, -0.25) is 4.79 Å². The Labute approximate surface area is 105 Å². The van der Waals surface area contributed by atoms with Crippen LogP contribution in [0.3, 0.4) is 0 Å².